The van der Waals surface area contributed by atoms with E-state index in [1.807, 2.05) is 19.0 Å². The molecule has 1 heterocycles. The summed E-state index contributed by atoms with van der Waals surface area (Å²) in [6.07, 6.45) is -0.511. The van der Waals surface area contributed by atoms with Gasteiger partial charge in [0.1, 0.15) is 11.6 Å². The molecule has 1 aliphatic heterocycles. The first-order valence-electron chi connectivity index (χ1n) is 11.1. The van der Waals surface area contributed by atoms with Gasteiger partial charge in [0.25, 0.3) is 5.91 Å². The number of nitrogens with zero attached hydrogens (tertiary/aromatic N) is 3. The Morgan fingerprint density at radius 2 is 1.88 bits per heavy atom. The minimum Gasteiger partial charge on any atom is -0.497 e. The van der Waals surface area contributed by atoms with E-state index in [4.69, 9.17) is 9.47 Å². The Bertz CT molecular complexity index is 1090. The van der Waals surface area contributed by atoms with Gasteiger partial charge in [0.15, 0.2) is 0 Å². The fourth-order valence-electron chi connectivity index (χ4n) is 3.66. The highest BCUT2D eigenvalue weighted by Gasteiger charge is 2.33. The average Bonchev–Trinajstić information content (AvgIpc) is 2.83. The van der Waals surface area contributed by atoms with E-state index < -0.39 is 21.9 Å². The molecule has 0 radical (unpaired) electrons. The zero-order valence-electron chi connectivity index (χ0n) is 20.0. The number of hydrogen-bond donors (Lipinski definition) is 0. The molecule has 34 heavy (non-hydrogen) atoms. The maximum absolute atomic E-state index is 14.0. The third kappa shape index (κ3) is 6.32. The number of sulfonamides is 1. The molecule has 0 aliphatic carbocycles. The van der Waals surface area contributed by atoms with Gasteiger partial charge in [-0.05, 0) is 63.0 Å². The van der Waals surface area contributed by atoms with Gasteiger partial charge in [-0.25, -0.2) is 12.8 Å². The van der Waals surface area contributed by atoms with Gasteiger partial charge < -0.3 is 19.3 Å². The molecule has 1 unspecified atom stereocenters. The summed E-state index contributed by atoms with van der Waals surface area (Å²) in [5.74, 6) is -0.0834. The number of methoxy groups -OCH3 is 1. The molecule has 2 aromatic carbocycles. The minimum absolute atomic E-state index is 0.0756. The number of aryl methyl sites for hydroxylation is 1. The van der Waals surface area contributed by atoms with Crippen molar-refractivity contribution in [3.63, 3.8) is 0 Å². The van der Waals surface area contributed by atoms with Gasteiger partial charge in [0.05, 0.1) is 24.7 Å². The first-order chi connectivity index (χ1) is 16.1. The molecular weight excluding hydrogens is 461 g/mol. The highest BCUT2D eigenvalue weighted by molar-refractivity contribution is 7.89. The number of amides is 1. The van der Waals surface area contributed by atoms with E-state index in [9.17, 15) is 17.6 Å². The molecule has 0 bridgehead atoms. The number of halogens is 1. The van der Waals surface area contributed by atoms with Crippen LogP contribution in [-0.4, -0.2) is 95.1 Å². The van der Waals surface area contributed by atoms with Crippen molar-refractivity contribution in [2.45, 2.75) is 17.9 Å². The molecule has 2 aromatic rings. The number of hydrogen-bond acceptors (Lipinski definition) is 6. The van der Waals surface area contributed by atoms with Crippen molar-refractivity contribution in [3.05, 3.63) is 59.4 Å². The number of rotatable bonds is 9. The van der Waals surface area contributed by atoms with Crippen LogP contribution >= 0.6 is 0 Å². The van der Waals surface area contributed by atoms with Gasteiger partial charge in [0, 0.05) is 38.3 Å². The molecule has 0 saturated carbocycles. The second-order valence-electron chi connectivity index (χ2n) is 8.55. The number of carbonyl (C=O) groups excluding carboxylic acids is 1. The monoisotopic (exact) mass is 493 g/mol. The van der Waals surface area contributed by atoms with Crippen LogP contribution in [0.15, 0.2) is 47.4 Å². The van der Waals surface area contributed by atoms with Crippen LogP contribution in [0.2, 0.25) is 0 Å². The van der Waals surface area contributed by atoms with Crippen LogP contribution in [0, 0.1) is 12.7 Å². The number of ether oxygens (including phenoxy) is 2. The summed E-state index contributed by atoms with van der Waals surface area (Å²) < 4.78 is 52.5. The Balaban J connectivity index is 1.76. The SMILES string of the molecule is COc1ccc(C(=O)N(CCN(C)C)CC2CN(S(=O)(=O)c3ccc(C)c(F)c3)CCO2)cc1. The van der Waals surface area contributed by atoms with E-state index in [2.05, 4.69) is 0 Å². The summed E-state index contributed by atoms with van der Waals surface area (Å²) in [4.78, 5) is 16.8. The van der Waals surface area contributed by atoms with E-state index in [0.717, 1.165) is 6.07 Å². The van der Waals surface area contributed by atoms with Crippen molar-refractivity contribution in [1.82, 2.24) is 14.1 Å². The number of likely N-dealkylation sites (N-methyl/N-ethyl adjacent to an activating group) is 1. The maximum Gasteiger partial charge on any atom is 0.253 e. The molecule has 8 nitrogen and oxygen atoms in total. The fourth-order valence-corrected chi connectivity index (χ4v) is 5.13. The molecule has 1 atom stereocenters. The average molecular weight is 494 g/mol. The lowest BCUT2D eigenvalue weighted by molar-refractivity contribution is -0.0179. The Morgan fingerprint density at radius 3 is 2.50 bits per heavy atom. The second kappa shape index (κ2) is 11.3. The van der Waals surface area contributed by atoms with Crippen LogP contribution in [0.25, 0.3) is 0 Å². The molecule has 1 saturated heterocycles. The Morgan fingerprint density at radius 1 is 1.18 bits per heavy atom. The summed E-state index contributed by atoms with van der Waals surface area (Å²) in [7, 11) is 1.51. The minimum atomic E-state index is -3.89. The van der Waals surface area contributed by atoms with Gasteiger partial charge in [0.2, 0.25) is 10.0 Å². The second-order valence-corrected chi connectivity index (χ2v) is 10.5. The largest absolute Gasteiger partial charge is 0.497 e. The molecule has 1 fully saturated rings. The maximum atomic E-state index is 14.0. The summed E-state index contributed by atoms with van der Waals surface area (Å²) in [5, 5.41) is 0. The van der Waals surface area contributed by atoms with E-state index in [1.54, 1.807) is 43.2 Å². The van der Waals surface area contributed by atoms with Gasteiger partial charge >= 0.3 is 0 Å². The van der Waals surface area contributed by atoms with Crippen LogP contribution in [0.3, 0.4) is 0 Å². The quantitative estimate of drug-likeness (QED) is 0.533. The zero-order chi connectivity index (χ0) is 24.9. The lowest BCUT2D eigenvalue weighted by Crippen LogP contribution is -2.51. The normalized spacial score (nSPS) is 17.1. The highest BCUT2D eigenvalue weighted by Crippen LogP contribution is 2.22. The van der Waals surface area contributed by atoms with Gasteiger partial charge in [-0.2, -0.15) is 4.31 Å². The van der Waals surface area contributed by atoms with Crippen molar-refractivity contribution in [2.75, 3.05) is 60.5 Å². The Kier molecular flexibility index (Phi) is 8.64. The summed E-state index contributed by atoms with van der Waals surface area (Å²) in [6.45, 7) is 3.33. The van der Waals surface area contributed by atoms with Gasteiger partial charge in [-0.1, -0.05) is 6.07 Å². The molecule has 1 amide bonds. The predicted molar refractivity (Wildman–Crippen MR) is 127 cm³/mol. The molecule has 0 spiro atoms. The third-order valence-electron chi connectivity index (χ3n) is 5.75. The zero-order valence-corrected chi connectivity index (χ0v) is 20.8. The number of carbonyl (C=O) groups is 1. The lowest BCUT2D eigenvalue weighted by Gasteiger charge is -2.35. The van der Waals surface area contributed by atoms with Crippen molar-refractivity contribution in [3.8, 4) is 5.75 Å². The van der Waals surface area contributed by atoms with Crippen molar-refractivity contribution < 1.29 is 27.1 Å². The lowest BCUT2D eigenvalue weighted by atomic mass is 10.1. The third-order valence-corrected chi connectivity index (χ3v) is 7.61. The van der Waals surface area contributed by atoms with Gasteiger partial charge in [-0.15, -0.1) is 0 Å². The van der Waals surface area contributed by atoms with Crippen molar-refractivity contribution in [2.24, 2.45) is 0 Å². The first kappa shape index (κ1) is 26.1. The van der Waals surface area contributed by atoms with E-state index in [-0.39, 0.29) is 37.0 Å². The molecule has 186 valence electrons. The van der Waals surface area contributed by atoms with E-state index in [0.29, 0.717) is 30.0 Å². The van der Waals surface area contributed by atoms with Crippen molar-refractivity contribution in [1.29, 1.82) is 0 Å². The molecule has 1 aliphatic rings. The molecule has 0 aromatic heterocycles. The topological polar surface area (TPSA) is 79.4 Å². The predicted octanol–water partition coefficient (Wildman–Crippen LogP) is 2.24. The Hall–Kier alpha value is -2.53. The number of morpholine rings is 1. The molecule has 0 N–H and O–H groups in total. The highest BCUT2D eigenvalue weighted by atomic mass is 32.2. The number of benzene rings is 2. The standard InChI is InChI=1S/C24H32FN3O5S/c1-18-5-10-22(15-23(18)25)34(30,31)28-13-14-33-21(17-28)16-27(12-11-26(2)3)24(29)19-6-8-20(32-4)9-7-19/h5-10,15,21H,11-14,16-17H2,1-4H3. The smallest absolute Gasteiger partial charge is 0.253 e. The first-order valence-corrected chi connectivity index (χ1v) is 12.5. The van der Waals surface area contributed by atoms with E-state index >= 15 is 0 Å². The summed E-state index contributed by atoms with van der Waals surface area (Å²) in [6, 6.07) is 10.8. The Labute approximate surface area is 200 Å². The van der Waals surface area contributed by atoms with Crippen LogP contribution in [0.1, 0.15) is 15.9 Å². The van der Waals surface area contributed by atoms with E-state index in [1.165, 1.54) is 16.4 Å². The van der Waals surface area contributed by atoms with Gasteiger partial charge in [-0.3, -0.25) is 4.79 Å². The van der Waals surface area contributed by atoms with Crippen LogP contribution in [0.4, 0.5) is 4.39 Å². The molecular formula is C24H32FN3O5S. The van der Waals surface area contributed by atoms with Crippen LogP contribution in [-0.2, 0) is 14.8 Å². The van der Waals surface area contributed by atoms with Crippen LogP contribution in [0.5, 0.6) is 5.75 Å². The van der Waals surface area contributed by atoms with Crippen LogP contribution < -0.4 is 4.74 Å². The van der Waals surface area contributed by atoms with Crippen molar-refractivity contribution >= 4 is 15.9 Å². The molecule has 10 heteroatoms. The summed E-state index contributed by atoms with van der Waals surface area (Å²) in [5.41, 5.74) is 0.891. The fraction of sp³-hybridized carbons (Fsp3) is 0.458. The summed E-state index contributed by atoms with van der Waals surface area (Å²) >= 11 is 0. The molecule has 3 rings (SSSR count).